The Morgan fingerprint density at radius 3 is 2.45 bits per heavy atom. The molecule has 1 aliphatic rings. The van der Waals surface area contributed by atoms with Crippen LogP contribution in [-0.2, 0) is 11.3 Å². The maximum absolute atomic E-state index is 8.94. The first-order valence-electron chi connectivity index (χ1n) is 7.01. The van der Waals surface area contributed by atoms with Crippen molar-refractivity contribution in [2.24, 2.45) is 0 Å². The molecule has 1 aromatic rings. The van der Waals surface area contributed by atoms with Crippen LogP contribution in [0.25, 0.3) is 0 Å². The van der Waals surface area contributed by atoms with Gasteiger partial charge in [0.05, 0.1) is 26.4 Å². The molecule has 0 spiro atoms. The van der Waals surface area contributed by atoms with E-state index in [1.54, 1.807) is 0 Å². The zero-order valence-electron chi connectivity index (χ0n) is 11.8. The van der Waals surface area contributed by atoms with Crippen molar-refractivity contribution in [1.29, 1.82) is 0 Å². The summed E-state index contributed by atoms with van der Waals surface area (Å²) in [4.78, 5) is 2.44. The summed E-state index contributed by atoms with van der Waals surface area (Å²) in [5, 5.41) is 8.94. The lowest BCUT2D eigenvalue weighted by Crippen LogP contribution is -2.36. The minimum absolute atomic E-state index is 0. The van der Waals surface area contributed by atoms with E-state index in [0.717, 1.165) is 63.6 Å². The van der Waals surface area contributed by atoms with E-state index in [4.69, 9.17) is 14.6 Å². The highest BCUT2D eigenvalue weighted by Crippen LogP contribution is 2.12. The maximum Gasteiger partial charge on any atom is 0.119 e. The molecule has 0 aliphatic carbocycles. The first kappa shape index (κ1) is 17.2. The summed E-state index contributed by atoms with van der Waals surface area (Å²) in [6.45, 7) is 5.83. The predicted octanol–water partition coefficient (Wildman–Crippen LogP) is 2.09. The zero-order valence-corrected chi connectivity index (χ0v) is 12.6. The van der Waals surface area contributed by atoms with E-state index >= 15 is 0 Å². The van der Waals surface area contributed by atoms with Gasteiger partial charge in [0.25, 0.3) is 0 Å². The molecule has 1 N–H and O–H groups in total. The Morgan fingerprint density at radius 1 is 1.10 bits per heavy atom. The standard InChI is InChI=1S/C15H23NO3.ClH/c17-13-14-3-5-15(6-4-14)19-10-2-1-7-16-8-11-18-12-9-16;/h3-6,17H,1-2,7-13H2;1H. The lowest BCUT2D eigenvalue weighted by Gasteiger charge is -2.26. The minimum Gasteiger partial charge on any atom is -0.494 e. The summed E-state index contributed by atoms with van der Waals surface area (Å²) in [7, 11) is 0. The van der Waals surface area contributed by atoms with Crippen LogP contribution >= 0.6 is 12.4 Å². The molecule has 0 atom stereocenters. The number of ether oxygens (including phenoxy) is 2. The van der Waals surface area contributed by atoms with Crippen LogP contribution in [0.2, 0.25) is 0 Å². The number of hydrogen-bond acceptors (Lipinski definition) is 4. The van der Waals surface area contributed by atoms with E-state index in [2.05, 4.69) is 4.90 Å². The number of halogens is 1. The smallest absolute Gasteiger partial charge is 0.119 e. The molecule has 2 rings (SSSR count). The van der Waals surface area contributed by atoms with E-state index in [9.17, 15) is 0 Å². The average molecular weight is 302 g/mol. The lowest BCUT2D eigenvalue weighted by atomic mass is 10.2. The third kappa shape index (κ3) is 6.09. The molecule has 20 heavy (non-hydrogen) atoms. The van der Waals surface area contributed by atoms with Crippen molar-refractivity contribution in [3.63, 3.8) is 0 Å². The molecule has 4 nitrogen and oxygen atoms in total. The van der Waals surface area contributed by atoms with E-state index in [1.807, 2.05) is 24.3 Å². The second kappa shape index (κ2) is 10.00. The van der Waals surface area contributed by atoms with Gasteiger partial charge >= 0.3 is 0 Å². The summed E-state index contributed by atoms with van der Waals surface area (Å²) in [6.07, 6.45) is 2.23. The van der Waals surface area contributed by atoms with E-state index in [1.165, 1.54) is 0 Å². The Bertz CT molecular complexity index is 353. The maximum atomic E-state index is 8.94. The number of hydrogen-bond donors (Lipinski definition) is 1. The van der Waals surface area contributed by atoms with Crippen molar-refractivity contribution < 1.29 is 14.6 Å². The van der Waals surface area contributed by atoms with Crippen LogP contribution in [0, 0.1) is 0 Å². The van der Waals surface area contributed by atoms with Crippen molar-refractivity contribution in [2.75, 3.05) is 39.5 Å². The summed E-state index contributed by atoms with van der Waals surface area (Å²) >= 11 is 0. The topological polar surface area (TPSA) is 41.9 Å². The van der Waals surface area contributed by atoms with Crippen LogP contribution in [0.3, 0.4) is 0 Å². The molecule has 1 aliphatic heterocycles. The minimum atomic E-state index is 0. The molecular formula is C15H24ClNO3. The Labute approximate surface area is 127 Å². The van der Waals surface area contributed by atoms with Gasteiger partial charge in [-0.25, -0.2) is 0 Å². The lowest BCUT2D eigenvalue weighted by molar-refractivity contribution is 0.0368. The van der Waals surface area contributed by atoms with Crippen LogP contribution < -0.4 is 4.74 Å². The van der Waals surface area contributed by atoms with Gasteiger partial charge in [-0.15, -0.1) is 12.4 Å². The van der Waals surface area contributed by atoms with Gasteiger partial charge in [-0.1, -0.05) is 12.1 Å². The number of aliphatic hydroxyl groups is 1. The highest BCUT2D eigenvalue weighted by atomic mass is 35.5. The third-order valence-corrected chi connectivity index (χ3v) is 3.35. The number of unbranched alkanes of at least 4 members (excludes halogenated alkanes) is 1. The fourth-order valence-electron chi connectivity index (χ4n) is 2.14. The molecule has 0 bridgehead atoms. The van der Waals surface area contributed by atoms with Gasteiger partial charge in [-0.3, -0.25) is 4.90 Å². The van der Waals surface area contributed by atoms with E-state index in [0.29, 0.717) is 0 Å². The fraction of sp³-hybridized carbons (Fsp3) is 0.600. The summed E-state index contributed by atoms with van der Waals surface area (Å²) in [5.41, 5.74) is 0.916. The number of rotatable bonds is 7. The van der Waals surface area contributed by atoms with Crippen LogP contribution in [-0.4, -0.2) is 49.5 Å². The van der Waals surface area contributed by atoms with Crippen LogP contribution in [0.1, 0.15) is 18.4 Å². The van der Waals surface area contributed by atoms with Crippen molar-refractivity contribution in [1.82, 2.24) is 4.90 Å². The molecule has 0 amide bonds. The van der Waals surface area contributed by atoms with Crippen molar-refractivity contribution in [2.45, 2.75) is 19.4 Å². The summed E-state index contributed by atoms with van der Waals surface area (Å²) < 4.78 is 11.0. The predicted molar refractivity (Wildman–Crippen MR) is 81.6 cm³/mol. The van der Waals surface area contributed by atoms with Gasteiger partial charge in [0.15, 0.2) is 0 Å². The largest absolute Gasteiger partial charge is 0.494 e. The normalized spacial score (nSPS) is 15.7. The number of aliphatic hydroxyl groups excluding tert-OH is 1. The van der Waals surface area contributed by atoms with Gasteiger partial charge in [-0.05, 0) is 37.1 Å². The Balaban J connectivity index is 0.00000200. The highest BCUT2D eigenvalue weighted by Gasteiger charge is 2.08. The van der Waals surface area contributed by atoms with Gasteiger partial charge in [0.1, 0.15) is 5.75 Å². The number of morpholine rings is 1. The first-order chi connectivity index (χ1) is 9.38. The Kier molecular flexibility index (Phi) is 8.62. The second-order valence-corrected chi connectivity index (χ2v) is 4.81. The molecule has 0 radical (unpaired) electrons. The number of nitrogens with zero attached hydrogens (tertiary/aromatic N) is 1. The summed E-state index contributed by atoms with van der Waals surface area (Å²) in [5.74, 6) is 0.878. The molecule has 0 unspecified atom stereocenters. The van der Waals surface area contributed by atoms with Gasteiger partial charge < -0.3 is 14.6 Å². The van der Waals surface area contributed by atoms with Crippen molar-refractivity contribution in [3.05, 3.63) is 29.8 Å². The van der Waals surface area contributed by atoms with Gasteiger partial charge in [-0.2, -0.15) is 0 Å². The van der Waals surface area contributed by atoms with Crippen LogP contribution in [0.15, 0.2) is 24.3 Å². The first-order valence-corrected chi connectivity index (χ1v) is 7.01. The van der Waals surface area contributed by atoms with E-state index in [-0.39, 0.29) is 19.0 Å². The van der Waals surface area contributed by atoms with Crippen LogP contribution in [0.5, 0.6) is 5.75 Å². The molecule has 1 heterocycles. The second-order valence-electron chi connectivity index (χ2n) is 4.81. The Morgan fingerprint density at radius 2 is 1.80 bits per heavy atom. The zero-order chi connectivity index (χ0) is 13.3. The van der Waals surface area contributed by atoms with Crippen LogP contribution in [0.4, 0.5) is 0 Å². The van der Waals surface area contributed by atoms with E-state index < -0.39 is 0 Å². The van der Waals surface area contributed by atoms with Crippen molar-refractivity contribution in [3.8, 4) is 5.75 Å². The fourth-order valence-corrected chi connectivity index (χ4v) is 2.14. The Hall–Kier alpha value is -0.810. The van der Waals surface area contributed by atoms with Gasteiger partial charge in [0.2, 0.25) is 0 Å². The monoisotopic (exact) mass is 301 g/mol. The third-order valence-electron chi connectivity index (χ3n) is 3.35. The average Bonchev–Trinajstić information content (AvgIpc) is 2.49. The quantitative estimate of drug-likeness (QED) is 0.783. The molecule has 0 aromatic heterocycles. The van der Waals surface area contributed by atoms with Gasteiger partial charge in [0, 0.05) is 13.1 Å². The SMILES string of the molecule is Cl.OCc1ccc(OCCCCN2CCOCC2)cc1. The molecule has 1 saturated heterocycles. The number of benzene rings is 1. The highest BCUT2D eigenvalue weighted by molar-refractivity contribution is 5.85. The summed E-state index contributed by atoms with van der Waals surface area (Å²) in [6, 6.07) is 7.60. The van der Waals surface area contributed by atoms with Crippen molar-refractivity contribution >= 4 is 12.4 Å². The molecular weight excluding hydrogens is 278 g/mol. The molecule has 1 fully saturated rings. The molecule has 114 valence electrons. The molecule has 0 saturated carbocycles. The molecule has 1 aromatic carbocycles. The molecule has 5 heteroatoms.